The van der Waals surface area contributed by atoms with Gasteiger partial charge in [-0.05, 0) is 30.5 Å². The zero-order valence-electron chi connectivity index (χ0n) is 8.89. The molecule has 0 aromatic heterocycles. The molecule has 3 nitrogen and oxygen atoms in total. The van der Waals surface area contributed by atoms with Crippen molar-refractivity contribution in [3.05, 3.63) is 41.5 Å². The summed E-state index contributed by atoms with van der Waals surface area (Å²) in [5, 5.41) is 17.0. The number of benzene rings is 1. The van der Waals surface area contributed by atoms with Gasteiger partial charge in [0.2, 0.25) is 0 Å². The van der Waals surface area contributed by atoms with Crippen LogP contribution in [0.15, 0.2) is 30.3 Å². The highest BCUT2D eigenvalue weighted by Crippen LogP contribution is 2.06. The van der Waals surface area contributed by atoms with Crippen molar-refractivity contribution in [1.29, 1.82) is 5.26 Å². The van der Waals surface area contributed by atoms with Gasteiger partial charge in [0.15, 0.2) is 0 Å². The van der Waals surface area contributed by atoms with E-state index < -0.39 is 5.97 Å². The maximum atomic E-state index is 10.2. The molecule has 0 spiro atoms. The Morgan fingerprint density at radius 3 is 2.62 bits per heavy atom. The maximum absolute atomic E-state index is 10.2. The van der Waals surface area contributed by atoms with Crippen molar-refractivity contribution in [3.8, 4) is 6.07 Å². The summed E-state index contributed by atoms with van der Waals surface area (Å²) in [4.78, 5) is 10.2. The molecule has 0 heterocycles. The summed E-state index contributed by atoms with van der Waals surface area (Å²) in [5.74, 6) is -0.758. The summed E-state index contributed by atoms with van der Waals surface area (Å²) in [6, 6.07) is 9.31. The highest BCUT2D eigenvalue weighted by molar-refractivity contribution is 5.66. The largest absolute Gasteiger partial charge is 0.481 e. The van der Waals surface area contributed by atoms with Crippen molar-refractivity contribution in [1.82, 2.24) is 0 Å². The van der Waals surface area contributed by atoms with Gasteiger partial charge < -0.3 is 5.11 Å². The van der Waals surface area contributed by atoms with E-state index in [2.05, 4.69) is 6.07 Å². The van der Waals surface area contributed by atoms with Gasteiger partial charge in [-0.15, -0.1) is 0 Å². The predicted molar refractivity (Wildman–Crippen MR) is 61.7 cm³/mol. The minimum absolute atomic E-state index is 0.206. The second-order valence-electron chi connectivity index (χ2n) is 3.42. The number of allylic oxidation sites excluding steroid dienone is 1. The number of nitriles is 1. The van der Waals surface area contributed by atoms with Crippen LogP contribution < -0.4 is 0 Å². The van der Waals surface area contributed by atoms with Gasteiger partial charge in [0, 0.05) is 6.42 Å². The second kappa shape index (κ2) is 6.41. The molecule has 0 radical (unpaired) electrons. The van der Waals surface area contributed by atoms with Crippen molar-refractivity contribution in [2.45, 2.75) is 19.3 Å². The molecular weight excluding hydrogens is 202 g/mol. The van der Waals surface area contributed by atoms with Crippen molar-refractivity contribution in [2.75, 3.05) is 0 Å². The van der Waals surface area contributed by atoms with Crippen LogP contribution >= 0.6 is 0 Å². The molecule has 0 saturated carbocycles. The normalized spacial score (nSPS) is 10.2. The number of carboxylic acid groups (broad SMARTS) is 1. The lowest BCUT2D eigenvalue weighted by atomic mass is 10.1. The standard InChI is InChI=1S/C13H13NO2/c14-10-12-8-6-11(7-9-12)4-2-1-3-5-13(15)16/h2,4,6-9H,1,3,5H2,(H,15,16)/b4-2+. The van der Waals surface area contributed by atoms with Crippen LogP contribution in [0.25, 0.3) is 6.08 Å². The van der Waals surface area contributed by atoms with Crippen LogP contribution in [0.2, 0.25) is 0 Å². The van der Waals surface area contributed by atoms with Crippen LogP contribution in [0.1, 0.15) is 30.4 Å². The molecule has 0 bridgehead atoms. The van der Waals surface area contributed by atoms with Crippen LogP contribution in [-0.4, -0.2) is 11.1 Å². The molecule has 0 aliphatic heterocycles. The van der Waals surface area contributed by atoms with E-state index >= 15 is 0 Å². The van der Waals surface area contributed by atoms with E-state index in [0.29, 0.717) is 12.0 Å². The molecule has 3 heteroatoms. The number of unbranched alkanes of at least 4 members (excludes halogenated alkanes) is 1. The molecule has 1 N–H and O–H groups in total. The van der Waals surface area contributed by atoms with E-state index in [-0.39, 0.29) is 6.42 Å². The molecule has 0 amide bonds. The SMILES string of the molecule is N#Cc1ccc(/C=C/CCCC(=O)O)cc1. The minimum atomic E-state index is -0.758. The highest BCUT2D eigenvalue weighted by atomic mass is 16.4. The van der Waals surface area contributed by atoms with Crippen molar-refractivity contribution >= 4 is 12.0 Å². The number of carboxylic acids is 1. The van der Waals surface area contributed by atoms with Crippen LogP contribution in [0.5, 0.6) is 0 Å². The number of hydrogen-bond donors (Lipinski definition) is 1. The monoisotopic (exact) mass is 215 g/mol. The van der Waals surface area contributed by atoms with Gasteiger partial charge in [-0.1, -0.05) is 24.3 Å². The van der Waals surface area contributed by atoms with E-state index in [4.69, 9.17) is 10.4 Å². The first kappa shape index (κ1) is 12.0. The Hall–Kier alpha value is -2.08. The summed E-state index contributed by atoms with van der Waals surface area (Å²) < 4.78 is 0. The molecule has 1 rings (SSSR count). The third-order valence-electron chi connectivity index (χ3n) is 2.11. The van der Waals surface area contributed by atoms with Crippen LogP contribution in [0.4, 0.5) is 0 Å². The Balaban J connectivity index is 2.38. The Labute approximate surface area is 94.6 Å². The van der Waals surface area contributed by atoms with Crippen molar-refractivity contribution in [2.24, 2.45) is 0 Å². The molecular formula is C13H13NO2. The van der Waals surface area contributed by atoms with Crippen molar-refractivity contribution in [3.63, 3.8) is 0 Å². The van der Waals surface area contributed by atoms with Crippen molar-refractivity contribution < 1.29 is 9.90 Å². The van der Waals surface area contributed by atoms with Gasteiger partial charge in [0.05, 0.1) is 11.6 Å². The van der Waals surface area contributed by atoms with E-state index in [1.165, 1.54) is 0 Å². The fraction of sp³-hybridized carbons (Fsp3) is 0.231. The third kappa shape index (κ3) is 4.43. The fourth-order valence-electron chi connectivity index (χ4n) is 1.26. The summed E-state index contributed by atoms with van der Waals surface area (Å²) in [5.41, 5.74) is 1.66. The van der Waals surface area contributed by atoms with E-state index in [9.17, 15) is 4.79 Å². The quantitative estimate of drug-likeness (QED) is 0.768. The number of hydrogen-bond acceptors (Lipinski definition) is 2. The van der Waals surface area contributed by atoms with Crippen LogP contribution in [0, 0.1) is 11.3 Å². The summed E-state index contributed by atoms with van der Waals surface area (Å²) in [6.07, 6.45) is 5.50. The molecule has 0 aliphatic rings. The van der Waals surface area contributed by atoms with E-state index in [1.807, 2.05) is 24.3 Å². The van der Waals surface area contributed by atoms with Crippen LogP contribution in [0.3, 0.4) is 0 Å². The van der Waals surface area contributed by atoms with Gasteiger partial charge >= 0.3 is 5.97 Å². The summed E-state index contributed by atoms with van der Waals surface area (Å²) >= 11 is 0. The second-order valence-corrected chi connectivity index (χ2v) is 3.42. The Morgan fingerprint density at radius 1 is 1.38 bits per heavy atom. The highest BCUT2D eigenvalue weighted by Gasteiger charge is 1.93. The molecule has 0 fully saturated rings. The lowest BCUT2D eigenvalue weighted by molar-refractivity contribution is -0.137. The molecule has 16 heavy (non-hydrogen) atoms. The molecule has 0 unspecified atom stereocenters. The summed E-state index contributed by atoms with van der Waals surface area (Å²) in [7, 11) is 0. The molecule has 1 aromatic carbocycles. The predicted octanol–water partition coefficient (Wildman–Crippen LogP) is 2.83. The lowest BCUT2D eigenvalue weighted by Gasteiger charge is -1.94. The minimum Gasteiger partial charge on any atom is -0.481 e. The first-order valence-corrected chi connectivity index (χ1v) is 5.11. The Kier molecular flexibility index (Phi) is 4.81. The zero-order valence-corrected chi connectivity index (χ0v) is 8.89. The van der Waals surface area contributed by atoms with Gasteiger partial charge in [0.1, 0.15) is 0 Å². The van der Waals surface area contributed by atoms with Crippen LogP contribution in [-0.2, 0) is 4.79 Å². The number of rotatable bonds is 5. The number of nitrogens with zero attached hydrogens (tertiary/aromatic N) is 1. The lowest BCUT2D eigenvalue weighted by Crippen LogP contribution is -1.92. The first-order valence-electron chi connectivity index (χ1n) is 5.11. The summed E-state index contributed by atoms with van der Waals surface area (Å²) in [6.45, 7) is 0. The maximum Gasteiger partial charge on any atom is 0.303 e. The average Bonchev–Trinajstić information content (AvgIpc) is 2.29. The van der Waals surface area contributed by atoms with Gasteiger partial charge in [0.25, 0.3) is 0 Å². The number of carbonyl (C=O) groups is 1. The van der Waals surface area contributed by atoms with E-state index in [1.54, 1.807) is 12.1 Å². The zero-order chi connectivity index (χ0) is 11.8. The van der Waals surface area contributed by atoms with Gasteiger partial charge in [-0.2, -0.15) is 5.26 Å². The number of aliphatic carboxylic acids is 1. The van der Waals surface area contributed by atoms with Gasteiger partial charge in [-0.3, -0.25) is 4.79 Å². The first-order chi connectivity index (χ1) is 7.72. The Bertz CT molecular complexity index is 413. The average molecular weight is 215 g/mol. The smallest absolute Gasteiger partial charge is 0.303 e. The molecule has 0 atom stereocenters. The third-order valence-corrected chi connectivity index (χ3v) is 2.11. The molecule has 0 aliphatic carbocycles. The van der Waals surface area contributed by atoms with E-state index in [0.717, 1.165) is 12.0 Å². The molecule has 0 saturated heterocycles. The van der Waals surface area contributed by atoms with Gasteiger partial charge in [-0.25, -0.2) is 0 Å². The fourth-order valence-corrected chi connectivity index (χ4v) is 1.26. The molecule has 82 valence electrons. The topological polar surface area (TPSA) is 61.1 Å². The molecule has 1 aromatic rings. The Morgan fingerprint density at radius 2 is 2.06 bits per heavy atom.